The monoisotopic (exact) mass is 331 g/mol. The minimum atomic E-state index is -0.886. The Morgan fingerprint density at radius 3 is 2.88 bits per heavy atom. The van der Waals surface area contributed by atoms with E-state index >= 15 is 0 Å². The Morgan fingerprint density at radius 1 is 1.38 bits per heavy atom. The van der Waals surface area contributed by atoms with Gasteiger partial charge in [0.2, 0.25) is 5.91 Å². The number of ether oxygens (including phenoxy) is 1. The van der Waals surface area contributed by atoms with Crippen LogP contribution in [0.15, 0.2) is 36.5 Å². The third-order valence-electron chi connectivity index (χ3n) is 3.62. The summed E-state index contributed by atoms with van der Waals surface area (Å²) in [6.07, 6.45) is 1.95. The Hall–Kier alpha value is -2.83. The van der Waals surface area contributed by atoms with E-state index in [4.69, 9.17) is 9.84 Å². The van der Waals surface area contributed by atoms with Crippen molar-refractivity contribution in [1.82, 2.24) is 9.78 Å². The number of rotatable bonds is 8. The highest BCUT2D eigenvalue weighted by Crippen LogP contribution is 2.23. The molecule has 2 N–H and O–H groups in total. The predicted molar refractivity (Wildman–Crippen MR) is 89.1 cm³/mol. The molecule has 0 radical (unpaired) electrons. The fraction of sp³-hybridized carbons (Fsp3) is 0.353. The molecule has 0 saturated carbocycles. The number of nitrogens with zero attached hydrogens (tertiary/aromatic N) is 2. The fourth-order valence-electron chi connectivity index (χ4n) is 2.30. The normalized spacial score (nSPS) is 11.8. The zero-order chi connectivity index (χ0) is 17.5. The van der Waals surface area contributed by atoms with Crippen LogP contribution in [-0.4, -0.2) is 33.9 Å². The molecule has 1 heterocycles. The summed E-state index contributed by atoms with van der Waals surface area (Å²) in [5.41, 5.74) is 1.02. The molecule has 7 nitrogen and oxygen atoms in total. The molecule has 0 spiro atoms. The second-order valence-corrected chi connectivity index (χ2v) is 5.54. The lowest BCUT2D eigenvalue weighted by Crippen LogP contribution is -2.15. The Bertz CT molecular complexity index is 711. The third-order valence-corrected chi connectivity index (χ3v) is 3.62. The van der Waals surface area contributed by atoms with E-state index in [1.54, 1.807) is 19.4 Å². The summed E-state index contributed by atoms with van der Waals surface area (Å²) in [6, 6.07) is 9.28. The van der Waals surface area contributed by atoms with Gasteiger partial charge in [0.1, 0.15) is 5.75 Å². The second kappa shape index (κ2) is 8.14. The second-order valence-electron chi connectivity index (χ2n) is 5.54. The van der Waals surface area contributed by atoms with Gasteiger partial charge in [-0.05, 0) is 23.6 Å². The summed E-state index contributed by atoms with van der Waals surface area (Å²) < 4.78 is 6.69. The van der Waals surface area contributed by atoms with Crippen LogP contribution in [0.5, 0.6) is 5.75 Å². The molecular formula is C17H21N3O4. The van der Waals surface area contributed by atoms with Crippen molar-refractivity contribution in [2.75, 3.05) is 12.4 Å². The van der Waals surface area contributed by atoms with Crippen LogP contribution in [0.4, 0.5) is 5.82 Å². The Kier molecular flexibility index (Phi) is 5.95. The van der Waals surface area contributed by atoms with Crippen molar-refractivity contribution in [3.8, 4) is 5.75 Å². The van der Waals surface area contributed by atoms with Crippen molar-refractivity contribution in [3.05, 3.63) is 42.1 Å². The minimum absolute atomic E-state index is 0.0120. The summed E-state index contributed by atoms with van der Waals surface area (Å²) in [5.74, 6) is 0.186. The SMILES string of the molecule is COc1cccc(C(C)CC(=O)Nc2ccn(CCC(=O)O)n2)c1. The number of nitrogens with one attached hydrogen (secondary N) is 1. The van der Waals surface area contributed by atoms with Crippen molar-refractivity contribution in [3.63, 3.8) is 0 Å². The molecule has 7 heteroatoms. The number of anilines is 1. The van der Waals surface area contributed by atoms with Crippen LogP contribution in [-0.2, 0) is 16.1 Å². The first-order chi connectivity index (χ1) is 11.5. The van der Waals surface area contributed by atoms with E-state index in [0.717, 1.165) is 11.3 Å². The highest BCUT2D eigenvalue weighted by Gasteiger charge is 2.13. The molecule has 0 bridgehead atoms. The first-order valence-corrected chi connectivity index (χ1v) is 7.67. The van der Waals surface area contributed by atoms with E-state index in [-0.39, 0.29) is 24.8 Å². The van der Waals surface area contributed by atoms with Gasteiger partial charge in [0.25, 0.3) is 0 Å². The number of hydrogen-bond acceptors (Lipinski definition) is 4. The standard InChI is InChI=1S/C17H21N3O4/c1-12(13-4-3-5-14(11-13)24-2)10-16(21)18-15-6-8-20(19-15)9-7-17(22)23/h3-6,8,11-12H,7,9-10H2,1-2H3,(H,22,23)(H,18,19,21). The molecule has 0 aliphatic heterocycles. The number of benzene rings is 1. The van der Waals surface area contributed by atoms with E-state index in [1.807, 2.05) is 31.2 Å². The van der Waals surface area contributed by atoms with Gasteiger partial charge in [-0.1, -0.05) is 19.1 Å². The van der Waals surface area contributed by atoms with Crippen LogP contribution in [0.2, 0.25) is 0 Å². The van der Waals surface area contributed by atoms with E-state index in [2.05, 4.69) is 10.4 Å². The highest BCUT2D eigenvalue weighted by molar-refractivity contribution is 5.90. The average molecular weight is 331 g/mol. The van der Waals surface area contributed by atoms with Crippen molar-refractivity contribution < 1.29 is 19.4 Å². The van der Waals surface area contributed by atoms with Gasteiger partial charge in [-0.25, -0.2) is 0 Å². The van der Waals surface area contributed by atoms with Gasteiger partial charge in [-0.2, -0.15) is 5.10 Å². The van der Waals surface area contributed by atoms with Gasteiger partial charge in [0.15, 0.2) is 5.82 Å². The number of hydrogen-bond donors (Lipinski definition) is 2. The molecule has 1 atom stereocenters. The molecule has 0 aliphatic rings. The molecule has 1 aromatic carbocycles. The molecule has 1 unspecified atom stereocenters. The molecule has 2 aromatic rings. The number of carboxylic acids is 1. The number of carbonyl (C=O) groups is 2. The van der Waals surface area contributed by atoms with Gasteiger partial charge in [0, 0.05) is 18.7 Å². The summed E-state index contributed by atoms with van der Waals surface area (Å²) in [5, 5.41) is 15.5. The molecule has 2 rings (SSSR count). The highest BCUT2D eigenvalue weighted by atomic mass is 16.5. The Labute approximate surface area is 140 Å². The smallest absolute Gasteiger partial charge is 0.305 e. The van der Waals surface area contributed by atoms with Gasteiger partial charge < -0.3 is 15.2 Å². The molecule has 1 amide bonds. The average Bonchev–Trinajstić information content (AvgIpc) is 3.00. The van der Waals surface area contributed by atoms with E-state index < -0.39 is 5.97 Å². The maximum Gasteiger partial charge on any atom is 0.305 e. The number of aromatic nitrogens is 2. The van der Waals surface area contributed by atoms with Gasteiger partial charge in [-0.3, -0.25) is 14.3 Å². The van der Waals surface area contributed by atoms with Gasteiger partial charge in [0.05, 0.1) is 20.1 Å². The summed E-state index contributed by atoms with van der Waals surface area (Å²) in [4.78, 5) is 22.7. The van der Waals surface area contributed by atoms with E-state index in [1.165, 1.54) is 4.68 Å². The quantitative estimate of drug-likeness (QED) is 0.775. The van der Waals surface area contributed by atoms with Crippen LogP contribution in [0.1, 0.15) is 31.2 Å². The molecule has 0 saturated heterocycles. The first-order valence-electron chi connectivity index (χ1n) is 7.67. The summed E-state index contributed by atoms with van der Waals surface area (Å²) in [7, 11) is 1.61. The fourth-order valence-corrected chi connectivity index (χ4v) is 2.30. The number of aryl methyl sites for hydroxylation is 1. The number of aliphatic carboxylic acids is 1. The first kappa shape index (κ1) is 17.5. The summed E-state index contributed by atoms with van der Waals surface area (Å²) in [6.45, 7) is 2.24. The van der Waals surface area contributed by atoms with E-state index in [0.29, 0.717) is 12.2 Å². The van der Waals surface area contributed by atoms with Crippen molar-refractivity contribution in [2.45, 2.75) is 32.2 Å². The van der Waals surface area contributed by atoms with Crippen LogP contribution in [0.3, 0.4) is 0 Å². The minimum Gasteiger partial charge on any atom is -0.497 e. The third kappa shape index (κ3) is 5.12. The van der Waals surface area contributed by atoms with E-state index in [9.17, 15) is 9.59 Å². The molecule has 1 aromatic heterocycles. The molecule has 0 aliphatic carbocycles. The van der Waals surface area contributed by atoms with Crippen molar-refractivity contribution in [2.24, 2.45) is 0 Å². The molecule has 0 fully saturated rings. The molecule has 128 valence electrons. The zero-order valence-corrected chi connectivity index (χ0v) is 13.7. The van der Waals surface area contributed by atoms with Crippen LogP contribution < -0.4 is 10.1 Å². The predicted octanol–water partition coefficient (Wildman–Crippen LogP) is 2.50. The Balaban J connectivity index is 1.89. The summed E-state index contributed by atoms with van der Waals surface area (Å²) >= 11 is 0. The largest absolute Gasteiger partial charge is 0.497 e. The topological polar surface area (TPSA) is 93.5 Å². The van der Waals surface area contributed by atoms with Crippen LogP contribution >= 0.6 is 0 Å². The van der Waals surface area contributed by atoms with Crippen LogP contribution in [0.25, 0.3) is 0 Å². The number of methoxy groups -OCH3 is 1. The van der Waals surface area contributed by atoms with Gasteiger partial charge >= 0.3 is 5.97 Å². The van der Waals surface area contributed by atoms with Crippen LogP contribution in [0, 0.1) is 0 Å². The maximum atomic E-state index is 12.1. The van der Waals surface area contributed by atoms with Crippen molar-refractivity contribution >= 4 is 17.7 Å². The Morgan fingerprint density at radius 2 is 2.17 bits per heavy atom. The lowest BCUT2D eigenvalue weighted by Gasteiger charge is -2.12. The maximum absolute atomic E-state index is 12.1. The van der Waals surface area contributed by atoms with Crippen molar-refractivity contribution in [1.29, 1.82) is 0 Å². The lowest BCUT2D eigenvalue weighted by molar-refractivity contribution is -0.137. The zero-order valence-electron chi connectivity index (χ0n) is 13.7. The lowest BCUT2D eigenvalue weighted by atomic mass is 9.97. The van der Waals surface area contributed by atoms with Gasteiger partial charge in [-0.15, -0.1) is 0 Å². The molecule has 24 heavy (non-hydrogen) atoms. The molecular weight excluding hydrogens is 310 g/mol. The number of amides is 1. The number of carboxylic acid groups (broad SMARTS) is 1. The number of carbonyl (C=O) groups excluding carboxylic acids is 1.